The maximum atomic E-state index is 11.0. The topological polar surface area (TPSA) is 56.3 Å². The minimum Gasteiger partial charge on any atom is -0.388 e. The third-order valence-electron chi connectivity index (χ3n) is 1.63. The summed E-state index contributed by atoms with van der Waals surface area (Å²) in [5.41, 5.74) is 0.885. The highest BCUT2D eigenvalue weighted by Gasteiger charge is 2.24. The highest BCUT2D eigenvalue weighted by Crippen LogP contribution is 2.13. The van der Waals surface area contributed by atoms with Gasteiger partial charge in [0, 0.05) is 6.20 Å². The second kappa shape index (κ2) is 2.41. The van der Waals surface area contributed by atoms with Crippen LogP contribution in [0.2, 0.25) is 0 Å². The molecule has 2 heterocycles. The molecule has 0 saturated carbocycles. The van der Waals surface area contributed by atoms with Gasteiger partial charge in [-0.05, 0) is 11.6 Å². The van der Waals surface area contributed by atoms with Crippen LogP contribution in [-0.4, -0.2) is 16.9 Å². The second-order valence-electron chi connectivity index (χ2n) is 2.45. The molecule has 0 saturated heterocycles. The summed E-state index contributed by atoms with van der Waals surface area (Å²) in [5.74, 6) is -1.16. The van der Waals surface area contributed by atoms with Crippen molar-refractivity contribution in [3.05, 3.63) is 29.6 Å². The Morgan fingerprint density at radius 3 is 3.08 bits per heavy atom. The van der Waals surface area contributed by atoms with Crippen molar-refractivity contribution in [2.24, 2.45) is 0 Å². The van der Waals surface area contributed by atoms with Gasteiger partial charge in [-0.3, -0.25) is 4.79 Å². The number of cyclic esters (lactones) is 2. The van der Waals surface area contributed by atoms with Gasteiger partial charge in [0.25, 0.3) is 0 Å². The Morgan fingerprint density at radius 2 is 2.25 bits per heavy atom. The Labute approximate surface area is 68.2 Å². The minimum absolute atomic E-state index is 0.134. The summed E-state index contributed by atoms with van der Waals surface area (Å²) < 4.78 is 4.37. The number of fused-ring (bicyclic) bond motifs is 1. The number of rotatable bonds is 0. The summed E-state index contributed by atoms with van der Waals surface area (Å²) in [6, 6.07) is 3.38. The van der Waals surface area contributed by atoms with Crippen molar-refractivity contribution in [3.63, 3.8) is 0 Å². The monoisotopic (exact) mass is 163 g/mol. The molecule has 0 atom stereocenters. The van der Waals surface area contributed by atoms with E-state index in [9.17, 15) is 9.59 Å². The van der Waals surface area contributed by atoms with E-state index < -0.39 is 11.9 Å². The number of aromatic nitrogens is 1. The van der Waals surface area contributed by atoms with Crippen LogP contribution < -0.4 is 0 Å². The molecule has 1 aliphatic rings. The highest BCUT2D eigenvalue weighted by molar-refractivity contribution is 6.00. The number of nitrogens with zero attached hydrogens (tertiary/aromatic N) is 1. The quantitative estimate of drug-likeness (QED) is 0.408. The Hall–Kier alpha value is -1.71. The van der Waals surface area contributed by atoms with Gasteiger partial charge in [-0.1, -0.05) is 6.07 Å². The van der Waals surface area contributed by atoms with Gasteiger partial charge in [-0.2, -0.15) is 0 Å². The normalized spacial score (nSPS) is 15.3. The molecule has 1 aliphatic heterocycles. The van der Waals surface area contributed by atoms with Crippen LogP contribution >= 0.6 is 0 Å². The number of ether oxygens (including phenoxy) is 1. The van der Waals surface area contributed by atoms with E-state index >= 15 is 0 Å². The standard InChI is InChI=1S/C8H5NO3/c10-6-4-5-2-1-3-9-7(5)8(11)12-6/h1-3H,4H2. The van der Waals surface area contributed by atoms with E-state index in [4.69, 9.17) is 0 Å². The number of hydrogen-bond donors (Lipinski definition) is 0. The van der Waals surface area contributed by atoms with Crippen molar-refractivity contribution in [2.75, 3.05) is 0 Å². The van der Waals surface area contributed by atoms with Gasteiger partial charge in [0.05, 0.1) is 6.42 Å². The Balaban J connectivity index is 2.54. The summed E-state index contributed by atoms with van der Waals surface area (Å²) in [5, 5.41) is 0. The number of carbonyl (C=O) groups is 2. The summed E-state index contributed by atoms with van der Waals surface area (Å²) in [6.07, 6.45) is 1.63. The van der Waals surface area contributed by atoms with Crippen LogP contribution in [0, 0.1) is 0 Å². The minimum atomic E-state index is -0.651. The van der Waals surface area contributed by atoms with E-state index in [1.807, 2.05) is 0 Å². The van der Waals surface area contributed by atoms with Crippen LogP contribution in [0.25, 0.3) is 0 Å². The fourth-order valence-corrected chi connectivity index (χ4v) is 1.11. The average molecular weight is 163 g/mol. The molecule has 0 aliphatic carbocycles. The van der Waals surface area contributed by atoms with E-state index in [1.165, 1.54) is 6.20 Å². The predicted octanol–water partition coefficient (Wildman–Crippen LogP) is 0.321. The van der Waals surface area contributed by atoms with Crippen molar-refractivity contribution >= 4 is 11.9 Å². The molecular weight excluding hydrogens is 158 g/mol. The zero-order chi connectivity index (χ0) is 8.55. The molecule has 0 fully saturated rings. The first-order valence-corrected chi connectivity index (χ1v) is 3.46. The van der Waals surface area contributed by atoms with Gasteiger partial charge >= 0.3 is 11.9 Å². The molecule has 0 radical (unpaired) electrons. The van der Waals surface area contributed by atoms with E-state index in [0.29, 0.717) is 5.56 Å². The highest BCUT2D eigenvalue weighted by atomic mass is 16.6. The fourth-order valence-electron chi connectivity index (χ4n) is 1.11. The molecule has 4 heteroatoms. The first-order valence-electron chi connectivity index (χ1n) is 3.46. The van der Waals surface area contributed by atoms with Crippen molar-refractivity contribution in [1.29, 1.82) is 0 Å². The van der Waals surface area contributed by atoms with Gasteiger partial charge in [-0.15, -0.1) is 0 Å². The maximum Gasteiger partial charge on any atom is 0.364 e. The molecule has 0 spiro atoms. The first kappa shape index (κ1) is 6.97. The van der Waals surface area contributed by atoms with Crippen LogP contribution in [0.3, 0.4) is 0 Å². The number of esters is 2. The summed E-state index contributed by atoms with van der Waals surface area (Å²) in [7, 11) is 0. The predicted molar refractivity (Wildman–Crippen MR) is 38.4 cm³/mol. The lowest BCUT2D eigenvalue weighted by Crippen LogP contribution is -2.23. The number of hydrogen-bond acceptors (Lipinski definition) is 4. The van der Waals surface area contributed by atoms with Crippen LogP contribution in [0.4, 0.5) is 0 Å². The average Bonchev–Trinajstić information content (AvgIpc) is 2.04. The molecule has 0 unspecified atom stereocenters. The van der Waals surface area contributed by atoms with Gasteiger partial charge in [-0.25, -0.2) is 9.78 Å². The van der Waals surface area contributed by atoms with Gasteiger partial charge in [0.15, 0.2) is 5.69 Å². The van der Waals surface area contributed by atoms with Crippen molar-refractivity contribution in [3.8, 4) is 0 Å². The number of pyridine rings is 1. The SMILES string of the molecule is O=C1Cc2cccnc2C(=O)O1. The third kappa shape index (κ3) is 0.972. The number of carbonyl (C=O) groups excluding carboxylic acids is 2. The van der Waals surface area contributed by atoms with Crippen LogP contribution in [-0.2, 0) is 16.0 Å². The lowest BCUT2D eigenvalue weighted by atomic mass is 10.1. The van der Waals surface area contributed by atoms with Gasteiger partial charge < -0.3 is 4.74 Å². The second-order valence-corrected chi connectivity index (χ2v) is 2.45. The molecule has 4 nitrogen and oxygen atoms in total. The molecular formula is C8H5NO3. The van der Waals surface area contributed by atoms with Crippen LogP contribution in [0.15, 0.2) is 18.3 Å². The zero-order valence-electron chi connectivity index (χ0n) is 6.11. The van der Waals surface area contributed by atoms with Crippen molar-refractivity contribution < 1.29 is 14.3 Å². The first-order chi connectivity index (χ1) is 5.77. The van der Waals surface area contributed by atoms with E-state index in [1.54, 1.807) is 12.1 Å². The molecule has 1 aromatic heterocycles. The molecule has 60 valence electrons. The Kier molecular flexibility index (Phi) is 1.40. The van der Waals surface area contributed by atoms with E-state index in [-0.39, 0.29) is 12.1 Å². The molecule has 1 aromatic rings. The fraction of sp³-hybridized carbons (Fsp3) is 0.125. The molecule has 2 rings (SSSR count). The smallest absolute Gasteiger partial charge is 0.364 e. The lowest BCUT2D eigenvalue weighted by Gasteiger charge is -2.11. The summed E-state index contributed by atoms with van der Waals surface area (Å²) in [4.78, 5) is 25.6. The lowest BCUT2D eigenvalue weighted by molar-refractivity contribution is -0.137. The van der Waals surface area contributed by atoms with E-state index in [0.717, 1.165) is 0 Å². The molecule has 12 heavy (non-hydrogen) atoms. The van der Waals surface area contributed by atoms with E-state index in [2.05, 4.69) is 9.72 Å². The zero-order valence-corrected chi connectivity index (χ0v) is 6.11. The van der Waals surface area contributed by atoms with Gasteiger partial charge in [0.2, 0.25) is 0 Å². The Morgan fingerprint density at radius 1 is 1.42 bits per heavy atom. The summed E-state index contributed by atoms with van der Waals surface area (Å²) >= 11 is 0. The molecule has 0 amide bonds. The van der Waals surface area contributed by atoms with Crippen molar-refractivity contribution in [2.45, 2.75) is 6.42 Å². The summed E-state index contributed by atoms with van der Waals surface area (Å²) in [6.45, 7) is 0. The van der Waals surface area contributed by atoms with Crippen molar-refractivity contribution in [1.82, 2.24) is 4.98 Å². The molecule has 0 N–H and O–H groups in total. The van der Waals surface area contributed by atoms with Crippen LogP contribution in [0.5, 0.6) is 0 Å². The van der Waals surface area contributed by atoms with Crippen LogP contribution in [0.1, 0.15) is 16.1 Å². The largest absolute Gasteiger partial charge is 0.388 e. The maximum absolute atomic E-state index is 11.0. The van der Waals surface area contributed by atoms with Gasteiger partial charge in [0.1, 0.15) is 0 Å². The molecule has 0 aromatic carbocycles. The molecule has 0 bridgehead atoms. The Bertz CT molecular complexity index is 359. The third-order valence-corrected chi connectivity index (χ3v) is 1.63.